The van der Waals surface area contributed by atoms with E-state index in [1.165, 1.54) is 18.1 Å². The van der Waals surface area contributed by atoms with Crippen molar-refractivity contribution >= 4 is 5.97 Å². The van der Waals surface area contributed by atoms with E-state index in [1.807, 2.05) is 18.2 Å². The molecular weight excluding hydrogens is 278 g/mol. The van der Waals surface area contributed by atoms with E-state index in [2.05, 4.69) is 11.4 Å². The van der Waals surface area contributed by atoms with Crippen LogP contribution < -0.4 is 10.1 Å². The number of hydrogen-bond donors (Lipinski definition) is 2. The summed E-state index contributed by atoms with van der Waals surface area (Å²) in [6.07, 6.45) is 1.84. The van der Waals surface area contributed by atoms with Crippen LogP contribution in [0.3, 0.4) is 0 Å². The van der Waals surface area contributed by atoms with Crippen LogP contribution in [0.4, 0.5) is 0 Å². The van der Waals surface area contributed by atoms with Crippen LogP contribution in [0.2, 0.25) is 0 Å². The Kier molecular flexibility index (Phi) is 2.94. The van der Waals surface area contributed by atoms with Gasteiger partial charge in [0.2, 0.25) is 0 Å². The summed E-state index contributed by atoms with van der Waals surface area (Å²) in [4.78, 5) is 11.2. The Bertz CT molecular complexity index is 782. The molecule has 1 aliphatic carbocycles. The van der Waals surface area contributed by atoms with E-state index in [4.69, 9.17) is 4.74 Å². The highest BCUT2D eigenvalue weighted by atomic mass is 16.5. The first kappa shape index (κ1) is 13.3. The van der Waals surface area contributed by atoms with Crippen LogP contribution in [0.1, 0.15) is 29.7 Å². The molecule has 2 aliphatic rings. The molecule has 0 amide bonds. The number of aromatic hydroxyl groups is 1. The summed E-state index contributed by atoms with van der Waals surface area (Å²) in [5.41, 5.74) is 5.54. The molecule has 1 atom stereocenters. The maximum absolute atomic E-state index is 11.2. The van der Waals surface area contributed by atoms with E-state index in [9.17, 15) is 9.90 Å². The third-order valence-electron chi connectivity index (χ3n) is 4.50. The molecule has 0 radical (unpaired) electrons. The summed E-state index contributed by atoms with van der Waals surface area (Å²) in [6, 6.07) is 10.1. The SMILES string of the molecule is CC(=O)Oc1ccc2c(c1O)-c1cccc3c1C(C2)NCC3. The average molecular weight is 295 g/mol. The van der Waals surface area contributed by atoms with Gasteiger partial charge in [-0.3, -0.25) is 4.79 Å². The lowest BCUT2D eigenvalue weighted by molar-refractivity contribution is -0.132. The Morgan fingerprint density at radius 1 is 1.27 bits per heavy atom. The minimum Gasteiger partial charge on any atom is -0.504 e. The molecule has 112 valence electrons. The fourth-order valence-electron chi connectivity index (χ4n) is 3.66. The molecule has 2 N–H and O–H groups in total. The van der Waals surface area contributed by atoms with Crippen molar-refractivity contribution in [1.82, 2.24) is 5.32 Å². The highest BCUT2D eigenvalue weighted by Gasteiger charge is 2.31. The molecule has 0 fully saturated rings. The normalized spacial score (nSPS) is 18.3. The Balaban J connectivity index is 1.94. The van der Waals surface area contributed by atoms with Gasteiger partial charge in [-0.25, -0.2) is 0 Å². The smallest absolute Gasteiger partial charge is 0.308 e. The fourth-order valence-corrected chi connectivity index (χ4v) is 3.66. The summed E-state index contributed by atoms with van der Waals surface area (Å²) in [7, 11) is 0. The average Bonchev–Trinajstić information content (AvgIpc) is 2.50. The number of ether oxygens (including phenoxy) is 1. The van der Waals surface area contributed by atoms with Crippen molar-refractivity contribution in [3.8, 4) is 22.6 Å². The van der Waals surface area contributed by atoms with Crippen LogP contribution in [0.25, 0.3) is 11.1 Å². The molecule has 22 heavy (non-hydrogen) atoms. The largest absolute Gasteiger partial charge is 0.504 e. The summed E-state index contributed by atoms with van der Waals surface area (Å²) < 4.78 is 5.12. The van der Waals surface area contributed by atoms with E-state index in [1.54, 1.807) is 6.07 Å². The van der Waals surface area contributed by atoms with Gasteiger partial charge in [0, 0.05) is 18.5 Å². The maximum Gasteiger partial charge on any atom is 0.308 e. The van der Waals surface area contributed by atoms with Gasteiger partial charge in [-0.2, -0.15) is 0 Å². The van der Waals surface area contributed by atoms with Gasteiger partial charge in [-0.1, -0.05) is 24.3 Å². The van der Waals surface area contributed by atoms with Crippen molar-refractivity contribution < 1.29 is 14.6 Å². The number of carbonyl (C=O) groups is 1. The monoisotopic (exact) mass is 295 g/mol. The molecule has 0 aromatic heterocycles. The predicted octanol–water partition coefficient (Wildman–Crippen LogP) is 2.73. The van der Waals surface area contributed by atoms with Crippen LogP contribution in [-0.2, 0) is 17.6 Å². The van der Waals surface area contributed by atoms with E-state index in [-0.39, 0.29) is 11.5 Å². The second kappa shape index (κ2) is 4.85. The molecule has 0 spiro atoms. The minimum absolute atomic E-state index is 0.0603. The van der Waals surface area contributed by atoms with Gasteiger partial charge < -0.3 is 15.2 Å². The summed E-state index contributed by atoms with van der Waals surface area (Å²) in [5, 5.41) is 14.2. The van der Waals surface area contributed by atoms with Crippen LogP contribution in [0.5, 0.6) is 11.5 Å². The quantitative estimate of drug-likeness (QED) is 0.627. The summed E-state index contributed by atoms with van der Waals surface area (Å²) in [6.45, 7) is 2.32. The number of nitrogens with one attached hydrogen (secondary N) is 1. The van der Waals surface area contributed by atoms with Gasteiger partial charge in [-0.05, 0) is 47.7 Å². The van der Waals surface area contributed by atoms with E-state index in [0.29, 0.717) is 6.04 Å². The lowest BCUT2D eigenvalue weighted by Gasteiger charge is -2.34. The van der Waals surface area contributed by atoms with Crippen LogP contribution in [0, 0.1) is 0 Å². The molecular formula is C18H17NO3. The van der Waals surface area contributed by atoms with Crippen molar-refractivity contribution in [2.75, 3.05) is 6.54 Å². The number of fused-ring (bicyclic) bond motifs is 2. The van der Waals surface area contributed by atoms with Crippen molar-refractivity contribution in [2.45, 2.75) is 25.8 Å². The third-order valence-corrected chi connectivity index (χ3v) is 4.50. The van der Waals surface area contributed by atoms with Gasteiger partial charge in [0.1, 0.15) is 0 Å². The second-order valence-electron chi connectivity index (χ2n) is 5.88. The van der Waals surface area contributed by atoms with Gasteiger partial charge in [0.25, 0.3) is 0 Å². The van der Waals surface area contributed by atoms with Crippen molar-refractivity contribution in [1.29, 1.82) is 0 Å². The maximum atomic E-state index is 11.2. The standard InChI is InChI=1S/C18H17NO3/c1-10(20)22-15-6-5-12-9-14-16-11(7-8-19-14)3-2-4-13(16)17(12)18(15)21/h2-6,14,19,21H,7-9H2,1H3. The molecule has 0 bridgehead atoms. The van der Waals surface area contributed by atoms with Gasteiger partial charge >= 0.3 is 5.97 Å². The number of carbonyl (C=O) groups excluding carboxylic acids is 1. The van der Waals surface area contributed by atoms with Gasteiger partial charge in [0.15, 0.2) is 11.5 Å². The molecule has 2 aromatic carbocycles. The highest BCUT2D eigenvalue weighted by Crippen LogP contribution is 2.48. The van der Waals surface area contributed by atoms with Crippen LogP contribution >= 0.6 is 0 Å². The lowest BCUT2D eigenvalue weighted by atomic mass is 9.77. The van der Waals surface area contributed by atoms with Crippen molar-refractivity contribution in [2.24, 2.45) is 0 Å². The summed E-state index contributed by atoms with van der Waals surface area (Å²) in [5.74, 6) is -0.142. The van der Waals surface area contributed by atoms with E-state index < -0.39 is 5.97 Å². The number of esters is 1. The first-order valence-electron chi connectivity index (χ1n) is 7.54. The molecule has 4 heteroatoms. The zero-order chi connectivity index (χ0) is 15.3. The number of rotatable bonds is 1. The van der Waals surface area contributed by atoms with Crippen molar-refractivity contribution in [3.05, 3.63) is 47.0 Å². The zero-order valence-electron chi connectivity index (χ0n) is 12.3. The predicted molar refractivity (Wildman–Crippen MR) is 83.0 cm³/mol. The highest BCUT2D eigenvalue weighted by molar-refractivity contribution is 5.83. The van der Waals surface area contributed by atoms with E-state index >= 15 is 0 Å². The second-order valence-corrected chi connectivity index (χ2v) is 5.88. The number of phenols is 1. The molecule has 1 heterocycles. The molecule has 4 nitrogen and oxygen atoms in total. The molecule has 2 aromatic rings. The zero-order valence-corrected chi connectivity index (χ0v) is 12.3. The Morgan fingerprint density at radius 3 is 2.95 bits per heavy atom. The molecule has 4 rings (SSSR count). The minimum atomic E-state index is -0.430. The Morgan fingerprint density at radius 2 is 2.14 bits per heavy atom. The third kappa shape index (κ3) is 1.91. The van der Waals surface area contributed by atoms with Crippen LogP contribution in [0.15, 0.2) is 30.3 Å². The molecule has 0 saturated heterocycles. The number of benzene rings is 2. The van der Waals surface area contributed by atoms with Gasteiger partial charge in [-0.15, -0.1) is 0 Å². The lowest BCUT2D eigenvalue weighted by Crippen LogP contribution is -2.33. The number of phenolic OH excluding ortho intramolecular Hbond substituents is 1. The van der Waals surface area contributed by atoms with Crippen molar-refractivity contribution in [3.63, 3.8) is 0 Å². The topological polar surface area (TPSA) is 58.6 Å². The first-order valence-corrected chi connectivity index (χ1v) is 7.54. The van der Waals surface area contributed by atoms with E-state index in [0.717, 1.165) is 36.1 Å². The Hall–Kier alpha value is -2.33. The first-order chi connectivity index (χ1) is 10.6. The van der Waals surface area contributed by atoms with Gasteiger partial charge in [0.05, 0.1) is 0 Å². The van der Waals surface area contributed by atoms with Crippen LogP contribution in [-0.4, -0.2) is 17.6 Å². The molecule has 1 aliphatic heterocycles. The molecule has 1 unspecified atom stereocenters. The molecule has 0 saturated carbocycles. The Labute approximate surface area is 128 Å². The fraction of sp³-hybridized carbons (Fsp3) is 0.278. The number of hydrogen-bond acceptors (Lipinski definition) is 4. The summed E-state index contributed by atoms with van der Waals surface area (Å²) >= 11 is 0.